The van der Waals surface area contributed by atoms with Crippen LogP contribution in [0.4, 0.5) is 0 Å². The minimum absolute atomic E-state index is 0.0188. The number of fused-ring (bicyclic) bond motifs is 4. The van der Waals surface area contributed by atoms with Gasteiger partial charge in [0.1, 0.15) is 0 Å². The predicted molar refractivity (Wildman–Crippen MR) is 130 cm³/mol. The summed E-state index contributed by atoms with van der Waals surface area (Å²) in [5.74, 6) is 9.24. The lowest BCUT2D eigenvalue weighted by Gasteiger charge is -2.30. The number of rotatable bonds is 2. The van der Waals surface area contributed by atoms with E-state index >= 15 is 0 Å². The largest absolute Gasteiger partial charge is 0.492 e. The highest BCUT2D eigenvalue weighted by Gasteiger charge is 2.35. The van der Waals surface area contributed by atoms with Crippen LogP contribution in [-0.2, 0) is 25.8 Å². The van der Waals surface area contributed by atoms with Gasteiger partial charge in [-0.1, -0.05) is 18.1 Å². The average molecular weight is 458 g/mol. The number of quaternary nitrogens is 1. The van der Waals surface area contributed by atoms with Gasteiger partial charge in [-0.05, 0) is 55.4 Å². The minimum atomic E-state index is -0.0188. The number of hydrogen-bond donors (Lipinski definition) is 1. The lowest BCUT2D eigenvalue weighted by Crippen LogP contribution is -3.10. The zero-order chi connectivity index (χ0) is 23.2. The summed E-state index contributed by atoms with van der Waals surface area (Å²) >= 11 is 0. The van der Waals surface area contributed by atoms with Gasteiger partial charge in [0.15, 0.2) is 23.0 Å². The van der Waals surface area contributed by atoms with Gasteiger partial charge in [0.05, 0.1) is 38.3 Å². The van der Waals surface area contributed by atoms with E-state index in [0.29, 0.717) is 12.3 Å². The Kier molecular flexibility index (Phi) is 5.23. The second kappa shape index (κ2) is 8.41. The van der Waals surface area contributed by atoms with Crippen LogP contribution in [0, 0.1) is 11.8 Å². The van der Waals surface area contributed by atoms with Crippen LogP contribution in [0.15, 0.2) is 35.1 Å². The molecule has 6 nitrogen and oxygen atoms in total. The number of benzene rings is 2. The Bertz CT molecular complexity index is 1410. The van der Waals surface area contributed by atoms with Crippen LogP contribution < -0.4 is 24.5 Å². The van der Waals surface area contributed by atoms with E-state index in [1.807, 2.05) is 24.3 Å². The summed E-state index contributed by atoms with van der Waals surface area (Å²) in [6.45, 7) is 1.78. The smallest absolute Gasteiger partial charge is 0.231 e. The van der Waals surface area contributed by atoms with Crippen LogP contribution >= 0.6 is 0 Å². The highest BCUT2D eigenvalue weighted by Crippen LogP contribution is 2.47. The van der Waals surface area contributed by atoms with Crippen molar-refractivity contribution in [2.75, 3.05) is 27.5 Å². The normalized spacial score (nSPS) is 20.3. The molecule has 2 aromatic carbocycles. The Labute approximate surface area is 199 Å². The Hall–Kier alpha value is -3.43. The third-order valence-corrected chi connectivity index (χ3v) is 7.48. The molecular formula is C28H29N2O4+. The van der Waals surface area contributed by atoms with Gasteiger partial charge in [0, 0.05) is 23.1 Å². The molecule has 0 saturated carbocycles. The molecule has 0 radical (unpaired) electrons. The summed E-state index contributed by atoms with van der Waals surface area (Å²) in [6.07, 6.45) is 4.94. The first-order valence-electron chi connectivity index (χ1n) is 12.1. The Morgan fingerprint density at radius 2 is 2.03 bits per heavy atom. The molecule has 0 amide bonds. The summed E-state index contributed by atoms with van der Waals surface area (Å²) in [4.78, 5) is 14.4. The van der Waals surface area contributed by atoms with Crippen LogP contribution in [0.1, 0.15) is 41.3 Å². The molecule has 0 saturated heterocycles. The molecule has 3 heterocycles. The first-order valence-corrected chi connectivity index (χ1v) is 12.1. The summed E-state index contributed by atoms with van der Waals surface area (Å²) in [5, 5.41) is 0.796. The van der Waals surface area contributed by atoms with Crippen molar-refractivity contribution in [3.8, 4) is 29.1 Å². The third-order valence-electron chi connectivity index (χ3n) is 7.48. The van der Waals surface area contributed by atoms with Crippen LogP contribution in [0.3, 0.4) is 0 Å². The van der Waals surface area contributed by atoms with E-state index in [0.717, 1.165) is 77.9 Å². The summed E-state index contributed by atoms with van der Waals surface area (Å²) in [7, 11) is 3.87. The molecule has 0 fully saturated rings. The van der Waals surface area contributed by atoms with Crippen molar-refractivity contribution in [1.82, 2.24) is 4.57 Å². The van der Waals surface area contributed by atoms with Crippen molar-refractivity contribution >= 4 is 10.9 Å². The van der Waals surface area contributed by atoms with Gasteiger partial charge in [0.25, 0.3) is 0 Å². The standard InChI is InChI=1S/C28H28N2O4/c1-29-15-13-18-16-24-27(34-17-33-24)28(32-2)25(18)23(29)12-7-14-30-21-10-5-3-8-19(21)26(31)20-9-4-6-11-22(20)30/h3,5,8,10,16,23H,4,6,9,11,13-15,17H2,1-2H3/p+1/t23-/m1/s1. The van der Waals surface area contributed by atoms with Crippen molar-refractivity contribution in [2.45, 2.75) is 44.7 Å². The SMILES string of the molecule is COc1c2c(cc3c1[C@@H](C#CCn1c4c(c(=O)c5ccccc51)CCCC4)[NH+](C)CC3)OCO2. The van der Waals surface area contributed by atoms with Gasteiger partial charge < -0.3 is 23.7 Å². The molecule has 0 spiro atoms. The monoisotopic (exact) mass is 457 g/mol. The van der Waals surface area contributed by atoms with Crippen LogP contribution in [0.2, 0.25) is 0 Å². The maximum absolute atomic E-state index is 13.1. The van der Waals surface area contributed by atoms with Gasteiger partial charge in [-0.3, -0.25) is 4.79 Å². The number of aromatic nitrogens is 1. The molecule has 1 aliphatic carbocycles. The molecule has 34 heavy (non-hydrogen) atoms. The van der Waals surface area contributed by atoms with E-state index in [-0.39, 0.29) is 18.3 Å². The molecule has 6 heteroatoms. The highest BCUT2D eigenvalue weighted by atomic mass is 16.7. The minimum Gasteiger partial charge on any atom is -0.492 e. The van der Waals surface area contributed by atoms with Crippen molar-refractivity contribution in [1.29, 1.82) is 0 Å². The lowest BCUT2D eigenvalue weighted by atomic mass is 9.91. The number of pyridine rings is 1. The van der Waals surface area contributed by atoms with Crippen molar-refractivity contribution < 1.29 is 19.1 Å². The molecule has 1 aromatic heterocycles. The number of ether oxygens (including phenoxy) is 3. The van der Waals surface area contributed by atoms with E-state index in [1.54, 1.807) is 7.11 Å². The third kappa shape index (κ3) is 3.26. The fourth-order valence-corrected chi connectivity index (χ4v) is 5.77. The molecule has 3 aromatic rings. The molecular weight excluding hydrogens is 428 g/mol. The summed E-state index contributed by atoms with van der Waals surface area (Å²) < 4.78 is 19.5. The number of nitrogens with one attached hydrogen (secondary N) is 1. The van der Waals surface area contributed by atoms with Crippen molar-refractivity contribution in [2.24, 2.45) is 0 Å². The predicted octanol–water partition coefficient (Wildman–Crippen LogP) is 2.43. The van der Waals surface area contributed by atoms with Gasteiger partial charge in [-0.25, -0.2) is 0 Å². The Morgan fingerprint density at radius 3 is 2.91 bits per heavy atom. The Balaban J connectivity index is 1.43. The number of hydrogen-bond acceptors (Lipinski definition) is 4. The fourth-order valence-electron chi connectivity index (χ4n) is 5.77. The van der Waals surface area contributed by atoms with E-state index in [2.05, 4.69) is 29.5 Å². The second-order valence-corrected chi connectivity index (χ2v) is 9.38. The molecule has 2 aliphatic heterocycles. The number of nitrogens with zero attached hydrogens (tertiary/aromatic N) is 1. The van der Waals surface area contributed by atoms with Gasteiger partial charge in [-0.15, -0.1) is 0 Å². The summed E-state index contributed by atoms with van der Waals surface area (Å²) in [6, 6.07) is 10.0. The Morgan fingerprint density at radius 1 is 1.18 bits per heavy atom. The molecule has 174 valence electrons. The zero-order valence-corrected chi connectivity index (χ0v) is 19.7. The van der Waals surface area contributed by atoms with E-state index in [4.69, 9.17) is 14.2 Å². The topological polar surface area (TPSA) is 54.1 Å². The first-order chi connectivity index (χ1) is 16.7. The molecule has 1 N–H and O–H groups in total. The van der Waals surface area contributed by atoms with Crippen LogP contribution in [-0.4, -0.2) is 32.1 Å². The fraction of sp³-hybridized carbons (Fsp3) is 0.393. The van der Waals surface area contributed by atoms with Crippen LogP contribution in [0.25, 0.3) is 10.9 Å². The maximum atomic E-state index is 13.1. The molecule has 1 unspecified atom stereocenters. The van der Waals surface area contributed by atoms with E-state index < -0.39 is 0 Å². The quantitative estimate of drug-likeness (QED) is 0.601. The lowest BCUT2D eigenvalue weighted by molar-refractivity contribution is -0.905. The van der Waals surface area contributed by atoms with Gasteiger partial charge in [0.2, 0.25) is 12.5 Å². The van der Waals surface area contributed by atoms with Gasteiger partial charge in [-0.2, -0.15) is 0 Å². The van der Waals surface area contributed by atoms with E-state index in [9.17, 15) is 4.79 Å². The zero-order valence-electron chi connectivity index (χ0n) is 19.7. The highest BCUT2D eigenvalue weighted by molar-refractivity contribution is 5.80. The molecule has 3 aliphatic rings. The second-order valence-electron chi connectivity index (χ2n) is 9.38. The number of likely N-dealkylation sites (N-methyl/N-ethyl adjacent to an activating group) is 1. The number of methoxy groups -OCH3 is 1. The van der Waals surface area contributed by atoms with Gasteiger partial charge >= 0.3 is 0 Å². The molecule has 6 rings (SSSR count). The average Bonchev–Trinajstić information content (AvgIpc) is 3.34. The van der Waals surface area contributed by atoms with Crippen LogP contribution in [0.5, 0.6) is 17.2 Å². The van der Waals surface area contributed by atoms with Crippen molar-refractivity contribution in [3.05, 3.63) is 62.9 Å². The van der Waals surface area contributed by atoms with Crippen molar-refractivity contribution in [3.63, 3.8) is 0 Å². The maximum Gasteiger partial charge on any atom is 0.231 e. The summed E-state index contributed by atoms with van der Waals surface area (Å²) in [5.41, 5.74) is 5.64. The number of para-hydroxylation sites is 1. The molecule has 0 bridgehead atoms. The first kappa shape index (κ1) is 21.1. The van der Waals surface area contributed by atoms with E-state index in [1.165, 1.54) is 10.5 Å². The molecule has 2 atom stereocenters.